The molecule has 0 aromatic heterocycles. The summed E-state index contributed by atoms with van der Waals surface area (Å²) in [6.07, 6.45) is 1.45. The minimum atomic E-state index is -0.719. The first-order valence-corrected chi connectivity index (χ1v) is 5.96. The van der Waals surface area contributed by atoms with E-state index in [9.17, 15) is 4.79 Å². The van der Waals surface area contributed by atoms with Gasteiger partial charge in [0.2, 0.25) is 0 Å². The van der Waals surface area contributed by atoms with Crippen LogP contribution in [0.3, 0.4) is 0 Å². The number of nitrogens with zero attached hydrogens (tertiary/aromatic N) is 1. The molecule has 3 N–H and O–H groups in total. The Hall–Kier alpha value is -1.76. The molecule has 0 aliphatic rings. The van der Waals surface area contributed by atoms with Crippen molar-refractivity contribution < 1.29 is 14.3 Å². The predicted octanol–water partition coefficient (Wildman–Crippen LogP) is 1.86. The highest BCUT2D eigenvalue weighted by Crippen LogP contribution is 2.36. The van der Waals surface area contributed by atoms with E-state index in [1.54, 1.807) is 19.2 Å². The zero-order valence-electron chi connectivity index (χ0n) is 10.1. The summed E-state index contributed by atoms with van der Waals surface area (Å²) >= 11 is 3.38. The Balaban J connectivity index is 2.99. The van der Waals surface area contributed by atoms with Crippen molar-refractivity contribution in [3.05, 3.63) is 22.2 Å². The normalized spacial score (nSPS) is 10.4. The van der Waals surface area contributed by atoms with Crippen LogP contribution in [0.4, 0.5) is 4.79 Å². The van der Waals surface area contributed by atoms with Crippen LogP contribution in [-0.4, -0.2) is 26.0 Å². The maximum Gasteiger partial charge on any atom is 0.332 e. The molecule has 0 fully saturated rings. The molecule has 0 radical (unpaired) electrons. The lowest BCUT2D eigenvalue weighted by molar-refractivity contribution is 0.249. The number of methoxy groups -OCH3 is 1. The molecule has 6 nitrogen and oxygen atoms in total. The van der Waals surface area contributed by atoms with Crippen LogP contribution in [0.15, 0.2) is 21.7 Å². The van der Waals surface area contributed by atoms with E-state index in [2.05, 4.69) is 26.5 Å². The number of rotatable bonds is 5. The Morgan fingerprint density at radius 3 is 2.89 bits per heavy atom. The van der Waals surface area contributed by atoms with Gasteiger partial charge >= 0.3 is 6.03 Å². The van der Waals surface area contributed by atoms with Crippen molar-refractivity contribution in [3.63, 3.8) is 0 Å². The van der Waals surface area contributed by atoms with E-state index in [0.29, 0.717) is 18.1 Å². The Morgan fingerprint density at radius 1 is 1.61 bits per heavy atom. The maximum absolute atomic E-state index is 10.5. The molecule has 0 unspecified atom stereocenters. The topological polar surface area (TPSA) is 85.9 Å². The van der Waals surface area contributed by atoms with Gasteiger partial charge in [-0.2, -0.15) is 5.10 Å². The standard InChI is InChI=1S/C11H14BrN3O3/c1-3-18-10-8(12)4-7(5-9(10)17-2)6-14-15-11(13)16/h4-6H,3H2,1-2H3,(H3,13,15,16)/b14-6+. The fourth-order valence-electron chi connectivity index (χ4n) is 1.27. The second kappa shape index (κ2) is 6.85. The molecule has 2 amide bonds. The average Bonchev–Trinajstić information content (AvgIpc) is 2.31. The van der Waals surface area contributed by atoms with Crippen LogP contribution < -0.4 is 20.6 Å². The lowest BCUT2D eigenvalue weighted by Gasteiger charge is -2.11. The summed E-state index contributed by atoms with van der Waals surface area (Å²) in [5, 5.41) is 3.67. The molecule has 1 rings (SSSR count). The van der Waals surface area contributed by atoms with Crippen molar-refractivity contribution in [2.75, 3.05) is 13.7 Å². The number of hydrazone groups is 1. The van der Waals surface area contributed by atoms with Gasteiger partial charge in [-0.15, -0.1) is 0 Å². The zero-order chi connectivity index (χ0) is 13.5. The van der Waals surface area contributed by atoms with Gasteiger partial charge in [-0.3, -0.25) is 0 Å². The van der Waals surface area contributed by atoms with Crippen molar-refractivity contribution in [3.8, 4) is 11.5 Å². The Bertz CT molecular complexity index is 463. The minimum absolute atomic E-state index is 0.533. The van der Waals surface area contributed by atoms with Crippen molar-refractivity contribution in [1.29, 1.82) is 0 Å². The van der Waals surface area contributed by atoms with E-state index in [4.69, 9.17) is 15.2 Å². The van der Waals surface area contributed by atoms with Crippen LogP contribution in [0, 0.1) is 0 Å². The van der Waals surface area contributed by atoms with Gasteiger partial charge in [0.15, 0.2) is 11.5 Å². The second-order valence-corrected chi connectivity index (χ2v) is 4.06. The molecule has 0 heterocycles. The summed E-state index contributed by atoms with van der Waals surface area (Å²) in [7, 11) is 1.55. The number of ether oxygens (including phenoxy) is 2. The predicted molar refractivity (Wildman–Crippen MR) is 72.2 cm³/mol. The highest BCUT2D eigenvalue weighted by Gasteiger charge is 2.10. The highest BCUT2D eigenvalue weighted by molar-refractivity contribution is 9.10. The molecule has 18 heavy (non-hydrogen) atoms. The SMILES string of the molecule is CCOc1c(Br)cc(/C=N/NC(N)=O)cc1OC. The molecule has 1 aromatic rings. The van der Waals surface area contributed by atoms with E-state index in [1.165, 1.54) is 6.21 Å². The van der Waals surface area contributed by atoms with Gasteiger partial charge in [-0.05, 0) is 40.5 Å². The number of urea groups is 1. The molecule has 0 aliphatic heterocycles. The largest absolute Gasteiger partial charge is 0.493 e. The molecule has 0 atom stereocenters. The van der Waals surface area contributed by atoms with Gasteiger partial charge in [0.05, 0.1) is 24.4 Å². The van der Waals surface area contributed by atoms with E-state index in [0.717, 1.165) is 10.0 Å². The van der Waals surface area contributed by atoms with Crippen LogP contribution in [0.2, 0.25) is 0 Å². The first-order valence-electron chi connectivity index (χ1n) is 5.17. The summed E-state index contributed by atoms with van der Waals surface area (Å²) in [6.45, 7) is 2.42. The van der Waals surface area contributed by atoms with Gasteiger partial charge in [0.1, 0.15) is 0 Å². The van der Waals surface area contributed by atoms with Gasteiger partial charge in [0.25, 0.3) is 0 Å². The Kier molecular flexibility index (Phi) is 5.44. The van der Waals surface area contributed by atoms with Crippen molar-refractivity contribution in [2.45, 2.75) is 6.92 Å². The number of primary amides is 1. The summed E-state index contributed by atoms with van der Waals surface area (Å²) in [5.41, 5.74) is 7.73. The summed E-state index contributed by atoms with van der Waals surface area (Å²) in [6, 6.07) is 2.81. The molecule has 0 saturated carbocycles. The van der Waals surface area contributed by atoms with Crippen molar-refractivity contribution >= 4 is 28.2 Å². The molecule has 0 saturated heterocycles. The number of nitrogens with two attached hydrogens (primary N) is 1. The van der Waals surface area contributed by atoms with E-state index in [1.807, 2.05) is 6.92 Å². The van der Waals surface area contributed by atoms with Crippen LogP contribution in [0.25, 0.3) is 0 Å². The monoisotopic (exact) mass is 315 g/mol. The van der Waals surface area contributed by atoms with Crippen LogP contribution in [0.1, 0.15) is 12.5 Å². The Labute approximate surface area is 113 Å². The first kappa shape index (κ1) is 14.3. The van der Waals surface area contributed by atoms with Crippen LogP contribution >= 0.6 is 15.9 Å². The van der Waals surface area contributed by atoms with Gasteiger partial charge in [-0.25, -0.2) is 10.2 Å². The lowest BCUT2D eigenvalue weighted by Crippen LogP contribution is -2.24. The lowest BCUT2D eigenvalue weighted by atomic mass is 10.2. The molecule has 1 aromatic carbocycles. The zero-order valence-corrected chi connectivity index (χ0v) is 11.7. The fourth-order valence-corrected chi connectivity index (χ4v) is 1.84. The molecular weight excluding hydrogens is 302 g/mol. The fraction of sp³-hybridized carbons (Fsp3) is 0.273. The van der Waals surface area contributed by atoms with Crippen LogP contribution in [-0.2, 0) is 0 Å². The van der Waals surface area contributed by atoms with E-state index >= 15 is 0 Å². The number of halogens is 1. The first-order chi connectivity index (χ1) is 8.58. The molecular formula is C11H14BrN3O3. The smallest absolute Gasteiger partial charge is 0.332 e. The molecule has 7 heteroatoms. The second-order valence-electron chi connectivity index (χ2n) is 3.20. The summed E-state index contributed by atoms with van der Waals surface area (Å²) in [4.78, 5) is 10.5. The van der Waals surface area contributed by atoms with E-state index < -0.39 is 6.03 Å². The number of amides is 2. The molecule has 0 bridgehead atoms. The number of hydrogen-bond donors (Lipinski definition) is 2. The highest BCUT2D eigenvalue weighted by atomic mass is 79.9. The van der Waals surface area contributed by atoms with Gasteiger partial charge < -0.3 is 15.2 Å². The van der Waals surface area contributed by atoms with Gasteiger partial charge in [0, 0.05) is 0 Å². The number of benzene rings is 1. The summed E-state index contributed by atoms with van der Waals surface area (Å²) in [5.74, 6) is 1.20. The number of nitrogens with one attached hydrogen (secondary N) is 1. The van der Waals surface area contributed by atoms with Crippen LogP contribution in [0.5, 0.6) is 11.5 Å². The molecule has 0 aliphatic carbocycles. The third kappa shape index (κ3) is 3.92. The van der Waals surface area contributed by atoms with Crippen molar-refractivity contribution in [1.82, 2.24) is 5.43 Å². The summed E-state index contributed by atoms with van der Waals surface area (Å²) < 4.78 is 11.4. The quantitative estimate of drug-likeness (QED) is 0.642. The average molecular weight is 316 g/mol. The van der Waals surface area contributed by atoms with E-state index in [-0.39, 0.29) is 0 Å². The maximum atomic E-state index is 10.5. The van der Waals surface area contributed by atoms with Gasteiger partial charge in [-0.1, -0.05) is 0 Å². The third-order valence-electron chi connectivity index (χ3n) is 1.93. The minimum Gasteiger partial charge on any atom is -0.493 e. The Morgan fingerprint density at radius 2 is 2.33 bits per heavy atom. The number of carbonyl (C=O) groups is 1. The molecule has 98 valence electrons. The molecule has 0 spiro atoms. The number of hydrogen-bond acceptors (Lipinski definition) is 4. The van der Waals surface area contributed by atoms with Crippen molar-refractivity contribution in [2.24, 2.45) is 10.8 Å². The third-order valence-corrected chi connectivity index (χ3v) is 2.52. The number of carbonyl (C=O) groups excluding carboxylic acids is 1.